The lowest BCUT2D eigenvalue weighted by Crippen LogP contribution is -2.35. The number of aryl methyl sites for hydroxylation is 2. The van der Waals surface area contributed by atoms with Crippen LogP contribution in [-0.2, 0) is 16.0 Å². The predicted molar refractivity (Wildman–Crippen MR) is 81.2 cm³/mol. The quantitative estimate of drug-likeness (QED) is 0.857. The average molecular weight is 288 g/mol. The molecule has 0 aliphatic carbocycles. The van der Waals surface area contributed by atoms with Gasteiger partial charge in [-0.2, -0.15) is 0 Å². The summed E-state index contributed by atoms with van der Waals surface area (Å²) in [5.74, 6) is -1.10. The van der Waals surface area contributed by atoms with Gasteiger partial charge in [-0.05, 0) is 31.4 Å². The summed E-state index contributed by atoms with van der Waals surface area (Å²) in [7, 11) is 0. The van der Waals surface area contributed by atoms with Gasteiger partial charge in [0.15, 0.2) is 0 Å². The lowest BCUT2D eigenvalue weighted by Gasteiger charge is -2.18. The van der Waals surface area contributed by atoms with E-state index in [9.17, 15) is 9.59 Å². The molecule has 0 spiro atoms. The number of benzene rings is 1. The van der Waals surface area contributed by atoms with E-state index < -0.39 is 5.97 Å². The second kappa shape index (κ2) is 6.43. The molecule has 5 nitrogen and oxygen atoms in total. The molecule has 21 heavy (non-hydrogen) atoms. The van der Waals surface area contributed by atoms with Crippen molar-refractivity contribution in [3.05, 3.63) is 35.5 Å². The summed E-state index contributed by atoms with van der Waals surface area (Å²) in [4.78, 5) is 27.4. The Morgan fingerprint density at radius 3 is 2.76 bits per heavy atom. The van der Waals surface area contributed by atoms with Crippen LogP contribution >= 0.6 is 0 Å². The molecule has 0 radical (unpaired) electrons. The second-order valence-electron chi connectivity index (χ2n) is 5.11. The third-order valence-corrected chi connectivity index (χ3v) is 3.68. The Morgan fingerprint density at radius 2 is 2.10 bits per heavy atom. The van der Waals surface area contributed by atoms with E-state index in [0.717, 1.165) is 16.5 Å². The first-order valence-corrected chi connectivity index (χ1v) is 7.08. The number of H-pyrrole nitrogens is 1. The summed E-state index contributed by atoms with van der Waals surface area (Å²) in [6.45, 7) is 4.01. The molecule has 0 fully saturated rings. The number of aliphatic carboxylic acids is 1. The smallest absolute Gasteiger partial charge is 0.323 e. The highest BCUT2D eigenvalue weighted by molar-refractivity contribution is 5.87. The fourth-order valence-electron chi connectivity index (χ4n) is 2.51. The maximum atomic E-state index is 12.1. The molecular formula is C16H20N2O3. The summed E-state index contributed by atoms with van der Waals surface area (Å²) in [6.07, 6.45) is 2.86. The highest BCUT2D eigenvalue weighted by atomic mass is 16.4. The zero-order valence-electron chi connectivity index (χ0n) is 12.3. The van der Waals surface area contributed by atoms with Crippen LogP contribution in [0.2, 0.25) is 0 Å². The van der Waals surface area contributed by atoms with E-state index in [1.165, 1.54) is 10.5 Å². The van der Waals surface area contributed by atoms with Gasteiger partial charge in [0.1, 0.15) is 6.54 Å². The largest absolute Gasteiger partial charge is 0.480 e. The van der Waals surface area contributed by atoms with Gasteiger partial charge in [-0.1, -0.05) is 18.2 Å². The molecule has 0 aliphatic heterocycles. The number of aromatic amines is 1. The van der Waals surface area contributed by atoms with Gasteiger partial charge in [0.2, 0.25) is 5.91 Å². The van der Waals surface area contributed by atoms with Crippen molar-refractivity contribution in [3.8, 4) is 0 Å². The molecule has 1 aromatic carbocycles. The van der Waals surface area contributed by atoms with Crippen LogP contribution in [0.1, 0.15) is 24.5 Å². The number of amides is 1. The van der Waals surface area contributed by atoms with Gasteiger partial charge in [0.05, 0.1) is 0 Å². The summed E-state index contributed by atoms with van der Waals surface area (Å²) in [6, 6.07) is 6.08. The Hall–Kier alpha value is -2.30. The van der Waals surface area contributed by atoms with Crippen LogP contribution in [0, 0.1) is 6.92 Å². The lowest BCUT2D eigenvalue weighted by molar-refractivity contribution is -0.144. The van der Waals surface area contributed by atoms with Crippen molar-refractivity contribution >= 4 is 22.8 Å². The number of fused-ring (bicyclic) bond motifs is 1. The van der Waals surface area contributed by atoms with Gasteiger partial charge < -0.3 is 15.0 Å². The number of likely N-dealkylation sites (N-methyl/N-ethyl adjacent to an activating group) is 1. The van der Waals surface area contributed by atoms with Crippen molar-refractivity contribution in [2.75, 3.05) is 13.1 Å². The van der Waals surface area contributed by atoms with Crippen molar-refractivity contribution in [1.29, 1.82) is 0 Å². The first kappa shape index (κ1) is 15.1. The molecule has 0 aliphatic rings. The summed E-state index contributed by atoms with van der Waals surface area (Å²) in [5, 5.41) is 9.92. The van der Waals surface area contributed by atoms with Crippen LogP contribution in [0.4, 0.5) is 0 Å². The van der Waals surface area contributed by atoms with E-state index in [1.807, 2.05) is 31.3 Å². The minimum atomic E-state index is -0.979. The highest BCUT2D eigenvalue weighted by Crippen LogP contribution is 2.22. The van der Waals surface area contributed by atoms with Crippen LogP contribution in [-0.4, -0.2) is 40.0 Å². The Bertz CT molecular complexity index is 661. The molecule has 0 saturated carbocycles. The molecule has 1 heterocycles. The molecule has 112 valence electrons. The maximum absolute atomic E-state index is 12.1. The van der Waals surface area contributed by atoms with E-state index in [1.54, 1.807) is 6.92 Å². The van der Waals surface area contributed by atoms with Crippen molar-refractivity contribution in [2.45, 2.75) is 26.7 Å². The molecule has 2 rings (SSSR count). The van der Waals surface area contributed by atoms with Crippen LogP contribution in [0.25, 0.3) is 10.9 Å². The zero-order valence-corrected chi connectivity index (χ0v) is 12.3. The van der Waals surface area contributed by atoms with Gasteiger partial charge in [0, 0.05) is 30.1 Å². The average Bonchev–Trinajstić information content (AvgIpc) is 2.86. The van der Waals surface area contributed by atoms with Gasteiger partial charge in [-0.3, -0.25) is 9.59 Å². The fourth-order valence-corrected chi connectivity index (χ4v) is 2.51. The van der Waals surface area contributed by atoms with Crippen molar-refractivity contribution < 1.29 is 14.7 Å². The molecule has 1 amide bonds. The molecule has 0 bridgehead atoms. The fraction of sp³-hybridized carbons (Fsp3) is 0.375. The number of carbonyl (C=O) groups is 2. The predicted octanol–water partition coefficient (Wildman–Crippen LogP) is 2.34. The molecule has 0 unspecified atom stereocenters. The Labute approximate surface area is 123 Å². The zero-order chi connectivity index (χ0) is 15.4. The first-order chi connectivity index (χ1) is 10.0. The molecule has 2 aromatic rings. The number of carboxylic acid groups (broad SMARTS) is 1. The molecule has 1 aromatic heterocycles. The number of nitrogens with one attached hydrogen (secondary N) is 1. The number of hydrogen-bond donors (Lipinski definition) is 2. The van der Waals surface area contributed by atoms with Crippen LogP contribution in [0.15, 0.2) is 24.4 Å². The Balaban J connectivity index is 2.06. The third kappa shape index (κ3) is 3.42. The highest BCUT2D eigenvalue weighted by Gasteiger charge is 2.15. The van der Waals surface area contributed by atoms with Crippen molar-refractivity contribution in [1.82, 2.24) is 9.88 Å². The number of rotatable bonds is 6. The van der Waals surface area contributed by atoms with Crippen LogP contribution in [0.5, 0.6) is 0 Å². The normalized spacial score (nSPS) is 10.8. The van der Waals surface area contributed by atoms with Crippen molar-refractivity contribution in [2.24, 2.45) is 0 Å². The number of carbonyl (C=O) groups excluding carboxylic acids is 1. The molecular weight excluding hydrogens is 268 g/mol. The molecule has 0 atom stereocenters. The minimum absolute atomic E-state index is 0.123. The van der Waals surface area contributed by atoms with Gasteiger partial charge in [0.25, 0.3) is 0 Å². The van der Waals surface area contributed by atoms with E-state index >= 15 is 0 Å². The van der Waals surface area contributed by atoms with E-state index in [-0.39, 0.29) is 12.5 Å². The monoisotopic (exact) mass is 288 g/mol. The first-order valence-electron chi connectivity index (χ1n) is 7.08. The van der Waals surface area contributed by atoms with Crippen molar-refractivity contribution in [3.63, 3.8) is 0 Å². The SMILES string of the molecule is CCN(CC(=O)O)C(=O)CCc1c[nH]c2c(C)cccc12. The lowest BCUT2D eigenvalue weighted by atomic mass is 10.1. The topological polar surface area (TPSA) is 73.4 Å². The summed E-state index contributed by atoms with van der Waals surface area (Å²) in [5.41, 5.74) is 3.36. The maximum Gasteiger partial charge on any atom is 0.323 e. The summed E-state index contributed by atoms with van der Waals surface area (Å²) < 4.78 is 0. The van der Waals surface area contributed by atoms with Crippen LogP contribution < -0.4 is 0 Å². The molecule has 0 saturated heterocycles. The number of aromatic nitrogens is 1. The number of carboxylic acids is 1. The number of para-hydroxylation sites is 1. The minimum Gasteiger partial charge on any atom is -0.480 e. The van der Waals surface area contributed by atoms with E-state index in [2.05, 4.69) is 4.98 Å². The Morgan fingerprint density at radius 1 is 1.33 bits per heavy atom. The second-order valence-corrected chi connectivity index (χ2v) is 5.11. The van der Waals surface area contributed by atoms with Gasteiger partial charge in [-0.15, -0.1) is 0 Å². The molecule has 2 N–H and O–H groups in total. The standard InChI is InChI=1S/C16H20N2O3/c1-3-18(10-15(20)21)14(19)8-7-12-9-17-16-11(2)5-4-6-13(12)16/h4-6,9,17H,3,7-8,10H2,1-2H3,(H,20,21). The van der Waals surface area contributed by atoms with E-state index in [4.69, 9.17) is 5.11 Å². The summed E-state index contributed by atoms with van der Waals surface area (Å²) >= 11 is 0. The molecule has 5 heteroatoms. The van der Waals surface area contributed by atoms with Crippen LogP contribution in [0.3, 0.4) is 0 Å². The van der Waals surface area contributed by atoms with E-state index in [0.29, 0.717) is 19.4 Å². The number of nitrogens with zero attached hydrogens (tertiary/aromatic N) is 1. The number of hydrogen-bond acceptors (Lipinski definition) is 2. The Kier molecular flexibility index (Phi) is 4.62. The van der Waals surface area contributed by atoms with Gasteiger partial charge in [-0.25, -0.2) is 0 Å². The van der Waals surface area contributed by atoms with Gasteiger partial charge >= 0.3 is 5.97 Å². The third-order valence-electron chi connectivity index (χ3n) is 3.68.